The van der Waals surface area contributed by atoms with Gasteiger partial charge in [-0.15, -0.1) is 0 Å². The summed E-state index contributed by atoms with van der Waals surface area (Å²) in [4.78, 5) is 9.11. The summed E-state index contributed by atoms with van der Waals surface area (Å²) < 4.78 is 5.99. The van der Waals surface area contributed by atoms with Crippen molar-refractivity contribution in [3.63, 3.8) is 0 Å². The predicted molar refractivity (Wildman–Crippen MR) is 75.6 cm³/mol. The van der Waals surface area contributed by atoms with E-state index in [1.54, 1.807) is 0 Å². The van der Waals surface area contributed by atoms with Crippen LogP contribution >= 0.6 is 0 Å². The molecule has 1 saturated heterocycles. The lowest BCUT2D eigenvalue weighted by Crippen LogP contribution is -2.37. The minimum Gasteiger partial charge on any atom is -0.470 e. The molecule has 1 aliphatic heterocycles. The van der Waals surface area contributed by atoms with E-state index in [2.05, 4.69) is 20.6 Å². The molecule has 1 fully saturated rings. The van der Waals surface area contributed by atoms with Crippen LogP contribution in [0.1, 0.15) is 12.8 Å². The molecular weight excluding hydrogens is 240 g/mol. The highest BCUT2D eigenvalue weighted by atomic mass is 16.5. The van der Waals surface area contributed by atoms with E-state index >= 15 is 0 Å². The molecular formula is C14H18N4O. The first-order valence-electron chi connectivity index (χ1n) is 6.69. The lowest BCUT2D eigenvalue weighted by molar-refractivity contribution is 0.161. The molecule has 1 aliphatic rings. The summed E-state index contributed by atoms with van der Waals surface area (Å²) in [7, 11) is 1.84. The minimum absolute atomic E-state index is 0.177. The molecule has 5 nitrogen and oxygen atoms in total. The van der Waals surface area contributed by atoms with E-state index in [9.17, 15) is 0 Å². The van der Waals surface area contributed by atoms with Crippen molar-refractivity contribution in [3.05, 3.63) is 24.3 Å². The van der Waals surface area contributed by atoms with Gasteiger partial charge in [0.2, 0.25) is 0 Å². The van der Waals surface area contributed by atoms with Crippen LogP contribution in [0.2, 0.25) is 0 Å². The van der Waals surface area contributed by atoms with Crippen LogP contribution in [-0.4, -0.2) is 36.2 Å². The third-order valence-corrected chi connectivity index (χ3v) is 3.31. The summed E-state index contributed by atoms with van der Waals surface area (Å²) in [5.74, 6) is 1.29. The van der Waals surface area contributed by atoms with Crippen molar-refractivity contribution < 1.29 is 4.74 Å². The van der Waals surface area contributed by atoms with E-state index in [0.29, 0.717) is 11.7 Å². The number of piperidine rings is 1. The van der Waals surface area contributed by atoms with Gasteiger partial charge in [-0.3, -0.25) is 0 Å². The van der Waals surface area contributed by atoms with Crippen molar-refractivity contribution >= 4 is 16.9 Å². The van der Waals surface area contributed by atoms with Crippen LogP contribution in [0.4, 0.5) is 5.82 Å². The monoisotopic (exact) mass is 258 g/mol. The lowest BCUT2D eigenvalue weighted by Gasteiger charge is -2.24. The molecule has 1 aromatic carbocycles. The summed E-state index contributed by atoms with van der Waals surface area (Å²) in [6.45, 7) is 1.94. The number of aromatic nitrogens is 2. The molecule has 0 saturated carbocycles. The van der Waals surface area contributed by atoms with Gasteiger partial charge in [-0.1, -0.05) is 12.1 Å². The summed E-state index contributed by atoms with van der Waals surface area (Å²) in [5, 5.41) is 6.39. The number of ether oxygens (including phenoxy) is 1. The van der Waals surface area contributed by atoms with E-state index in [1.807, 2.05) is 31.3 Å². The van der Waals surface area contributed by atoms with Gasteiger partial charge in [-0.05, 0) is 31.5 Å². The van der Waals surface area contributed by atoms with Crippen LogP contribution in [0.15, 0.2) is 24.3 Å². The Morgan fingerprint density at radius 2 is 2.05 bits per heavy atom. The Morgan fingerprint density at radius 1 is 1.26 bits per heavy atom. The summed E-state index contributed by atoms with van der Waals surface area (Å²) in [6, 6.07) is 7.83. The van der Waals surface area contributed by atoms with E-state index in [1.165, 1.54) is 0 Å². The molecule has 19 heavy (non-hydrogen) atoms. The van der Waals surface area contributed by atoms with Crippen molar-refractivity contribution in [1.29, 1.82) is 0 Å². The molecule has 0 radical (unpaired) electrons. The summed E-state index contributed by atoms with van der Waals surface area (Å²) in [5.41, 5.74) is 1.74. The number of benzene rings is 1. The molecule has 0 bridgehead atoms. The number of hydrogen-bond donors (Lipinski definition) is 2. The Labute approximate surface area is 112 Å². The van der Waals surface area contributed by atoms with Crippen LogP contribution in [0.5, 0.6) is 5.88 Å². The Balaban J connectivity index is 1.91. The van der Waals surface area contributed by atoms with Crippen molar-refractivity contribution in [2.24, 2.45) is 0 Å². The van der Waals surface area contributed by atoms with Gasteiger partial charge in [0.05, 0.1) is 11.0 Å². The largest absolute Gasteiger partial charge is 0.470 e. The summed E-state index contributed by atoms with van der Waals surface area (Å²) in [6.07, 6.45) is 2.38. The maximum atomic E-state index is 5.99. The van der Waals surface area contributed by atoms with Gasteiger partial charge in [-0.2, -0.15) is 0 Å². The zero-order chi connectivity index (χ0) is 13.1. The van der Waals surface area contributed by atoms with Gasteiger partial charge in [0.15, 0.2) is 5.82 Å². The number of hydrogen-bond acceptors (Lipinski definition) is 5. The van der Waals surface area contributed by atoms with E-state index in [0.717, 1.165) is 37.0 Å². The third-order valence-electron chi connectivity index (χ3n) is 3.31. The van der Waals surface area contributed by atoms with E-state index in [4.69, 9.17) is 4.74 Å². The fraction of sp³-hybridized carbons (Fsp3) is 0.429. The third kappa shape index (κ3) is 2.61. The quantitative estimate of drug-likeness (QED) is 0.879. The zero-order valence-corrected chi connectivity index (χ0v) is 11.0. The van der Waals surface area contributed by atoms with E-state index < -0.39 is 0 Å². The molecule has 100 valence electrons. The highest BCUT2D eigenvalue weighted by molar-refractivity contribution is 5.77. The molecule has 0 amide bonds. The van der Waals surface area contributed by atoms with Gasteiger partial charge in [0.25, 0.3) is 5.88 Å². The molecule has 0 spiro atoms. The number of rotatable bonds is 3. The fourth-order valence-electron chi connectivity index (χ4n) is 2.31. The average Bonchev–Trinajstić information content (AvgIpc) is 2.47. The average molecular weight is 258 g/mol. The number of nitrogens with zero attached hydrogens (tertiary/aromatic N) is 2. The molecule has 2 N–H and O–H groups in total. The normalized spacial score (nSPS) is 19.3. The minimum atomic E-state index is 0.177. The van der Waals surface area contributed by atoms with Crippen molar-refractivity contribution in [2.45, 2.75) is 18.9 Å². The van der Waals surface area contributed by atoms with Gasteiger partial charge < -0.3 is 15.4 Å². The molecule has 2 heterocycles. The Kier molecular flexibility index (Phi) is 3.46. The molecule has 1 aromatic heterocycles. The maximum Gasteiger partial charge on any atom is 0.258 e. The highest BCUT2D eigenvalue weighted by Crippen LogP contribution is 2.24. The first-order valence-corrected chi connectivity index (χ1v) is 6.69. The smallest absolute Gasteiger partial charge is 0.258 e. The van der Waals surface area contributed by atoms with Crippen LogP contribution in [0.25, 0.3) is 11.0 Å². The van der Waals surface area contributed by atoms with Crippen LogP contribution in [0.3, 0.4) is 0 Å². The Morgan fingerprint density at radius 3 is 2.74 bits per heavy atom. The maximum absolute atomic E-state index is 5.99. The zero-order valence-electron chi connectivity index (χ0n) is 11.0. The molecule has 0 aliphatic carbocycles. The van der Waals surface area contributed by atoms with Gasteiger partial charge in [0, 0.05) is 13.6 Å². The first-order chi connectivity index (χ1) is 9.36. The standard InChI is InChI=1S/C14H18N4O/c1-15-13-14(19-10-5-4-8-16-9-10)18-12-7-3-2-6-11(12)17-13/h2-3,6-7,10,16H,4-5,8-9H2,1H3,(H,15,17). The van der Waals surface area contributed by atoms with Crippen LogP contribution in [-0.2, 0) is 0 Å². The van der Waals surface area contributed by atoms with Crippen molar-refractivity contribution in [2.75, 3.05) is 25.5 Å². The molecule has 3 rings (SSSR count). The second-order valence-electron chi connectivity index (χ2n) is 4.70. The van der Waals surface area contributed by atoms with Gasteiger partial charge in [-0.25, -0.2) is 9.97 Å². The number of nitrogens with one attached hydrogen (secondary N) is 2. The predicted octanol–water partition coefficient (Wildman–Crippen LogP) is 1.80. The van der Waals surface area contributed by atoms with Crippen LogP contribution < -0.4 is 15.4 Å². The van der Waals surface area contributed by atoms with Crippen molar-refractivity contribution in [1.82, 2.24) is 15.3 Å². The first kappa shape index (κ1) is 12.2. The Hall–Kier alpha value is -1.88. The summed E-state index contributed by atoms with van der Waals surface area (Å²) >= 11 is 0. The molecule has 5 heteroatoms. The number of fused-ring (bicyclic) bond motifs is 1. The highest BCUT2D eigenvalue weighted by Gasteiger charge is 2.18. The SMILES string of the molecule is CNc1nc2ccccc2nc1OC1CCCNC1. The molecule has 2 aromatic rings. The van der Waals surface area contributed by atoms with Crippen molar-refractivity contribution in [3.8, 4) is 5.88 Å². The number of anilines is 1. The number of para-hydroxylation sites is 2. The molecule has 1 unspecified atom stereocenters. The van der Waals surface area contributed by atoms with E-state index in [-0.39, 0.29) is 6.10 Å². The fourth-order valence-corrected chi connectivity index (χ4v) is 2.31. The lowest BCUT2D eigenvalue weighted by atomic mass is 10.1. The van der Waals surface area contributed by atoms with Gasteiger partial charge >= 0.3 is 0 Å². The van der Waals surface area contributed by atoms with Crippen LogP contribution in [0, 0.1) is 0 Å². The Bertz CT molecular complexity index is 566. The molecule has 1 atom stereocenters. The topological polar surface area (TPSA) is 59.1 Å². The van der Waals surface area contributed by atoms with Gasteiger partial charge in [0.1, 0.15) is 6.10 Å². The second-order valence-corrected chi connectivity index (χ2v) is 4.70. The second kappa shape index (κ2) is 5.40.